The van der Waals surface area contributed by atoms with E-state index in [1.165, 1.54) is 105 Å². The van der Waals surface area contributed by atoms with E-state index < -0.39 is 32.1 Å². The number of carboxylic acid groups (broad SMARTS) is 1. The molecule has 0 fully saturated rings. The fourth-order valence-corrected chi connectivity index (χ4v) is 8.79. The lowest BCUT2D eigenvalue weighted by molar-refractivity contribution is 0.0510. The normalized spacial score (nSPS) is 12.7. The highest BCUT2D eigenvalue weighted by Crippen LogP contribution is 2.37. The molecule has 16 heteroatoms. The SMILES string of the molecule is CCCCCCCCCCCCCCCCN(C)S(=O)(=O)c1ccc(Cl)c(Nc2cc(CC(OC(=O)O)c3c(Cl)cc(S(C)(=O)=O)cc3Cl)[nH]n2)c1. The summed E-state index contributed by atoms with van der Waals surface area (Å²) >= 11 is 19.1. The first kappa shape index (κ1) is 43.9. The smallest absolute Gasteiger partial charge is 0.450 e. The number of halogens is 3. The summed E-state index contributed by atoms with van der Waals surface area (Å²) < 4.78 is 57.2. The average molecular weight is 822 g/mol. The van der Waals surface area contributed by atoms with E-state index in [-0.39, 0.29) is 42.7 Å². The van der Waals surface area contributed by atoms with Crippen LogP contribution in [0, 0.1) is 0 Å². The summed E-state index contributed by atoms with van der Waals surface area (Å²) in [6.07, 6.45) is 15.2. The van der Waals surface area contributed by atoms with Gasteiger partial charge in [-0.2, -0.15) is 5.10 Å². The van der Waals surface area contributed by atoms with E-state index in [1.807, 2.05) is 0 Å². The minimum Gasteiger partial charge on any atom is -0.450 e. The third-order valence-corrected chi connectivity index (χ3v) is 12.7. The van der Waals surface area contributed by atoms with Crippen molar-refractivity contribution in [1.82, 2.24) is 14.5 Å². The molecule has 52 heavy (non-hydrogen) atoms. The number of hydrogen-bond donors (Lipinski definition) is 3. The first-order chi connectivity index (χ1) is 24.6. The predicted molar refractivity (Wildman–Crippen MR) is 209 cm³/mol. The molecule has 0 aliphatic heterocycles. The van der Waals surface area contributed by atoms with Gasteiger partial charge >= 0.3 is 6.16 Å². The van der Waals surface area contributed by atoms with E-state index in [4.69, 9.17) is 39.5 Å². The van der Waals surface area contributed by atoms with E-state index in [2.05, 4.69) is 22.4 Å². The fourth-order valence-electron chi connectivity index (χ4n) is 5.86. The highest BCUT2D eigenvalue weighted by molar-refractivity contribution is 7.90. The molecule has 0 radical (unpaired) electrons. The van der Waals surface area contributed by atoms with Gasteiger partial charge in [-0.3, -0.25) is 5.10 Å². The van der Waals surface area contributed by atoms with Crippen molar-refractivity contribution in [2.24, 2.45) is 0 Å². The van der Waals surface area contributed by atoms with Crippen molar-refractivity contribution in [1.29, 1.82) is 0 Å². The molecule has 0 saturated carbocycles. The number of anilines is 2. The van der Waals surface area contributed by atoms with Crippen LogP contribution < -0.4 is 5.32 Å². The quantitative estimate of drug-likeness (QED) is 0.0590. The molecule has 1 aromatic heterocycles. The zero-order valence-electron chi connectivity index (χ0n) is 30.1. The van der Waals surface area contributed by atoms with E-state index >= 15 is 0 Å². The van der Waals surface area contributed by atoms with Gasteiger partial charge < -0.3 is 15.2 Å². The van der Waals surface area contributed by atoms with Crippen LogP contribution >= 0.6 is 34.8 Å². The maximum atomic E-state index is 13.4. The van der Waals surface area contributed by atoms with Crippen LogP contribution in [0.2, 0.25) is 15.1 Å². The average Bonchev–Trinajstić information content (AvgIpc) is 3.51. The zero-order chi connectivity index (χ0) is 38.3. The molecule has 2 aromatic carbocycles. The Balaban J connectivity index is 1.54. The van der Waals surface area contributed by atoms with Gasteiger partial charge in [-0.25, -0.2) is 25.9 Å². The van der Waals surface area contributed by atoms with Crippen LogP contribution in [0.5, 0.6) is 0 Å². The van der Waals surface area contributed by atoms with Gasteiger partial charge in [-0.15, -0.1) is 0 Å². The number of sulfone groups is 1. The molecule has 0 saturated heterocycles. The number of sulfonamides is 1. The summed E-state index contributed by atoms with van der Waals surface area (Å²) in [5.74, 6) is 0.265. The molecule has 0 bridgehead atoms. The number of H-pyrrole nitrogens is 1. The van der Waals surface area contributed by atoms with Crippen LogP contribution in [0.1, 0.15) is 114 Å². The molecule has 1 unspecified atom stereocenters. The number of aromatic amines is 1. The van der Waals surface area contributed by atoms with Gasteiger partial charge in [0.05, 0.1) is 30.5 Å². The Labute approximate surface area is 323 Å². The van der Waals surface area contributed by atoms with Crippen LogP contribution in [0.25, 0.3) is 0 Å². The molecular weight excluding hydrogens is 771 g/mol. The van der Waals surface area contributed by atoms with Gasteiger partial charge in [0.2, 0.25) is 10.0 Å². The molecular formula is C36H51Cl3N4O7S2. The zero-order valence-corrected chi connectivity index (χ0v) is 34.0. The summed E-state index contributed by atoms with van der Waals surface area (Å²) in [4.78, 5) is 11.5. The highest BCUT2D eigenvalue weighted by atomic mass is 35.5. The Hall–Kier alpha value is -2.55. The maximum Gasteiger partial charge on any atom is 0.506 e. The van der Waals surface area contributed by atoms with Crippen molar-refractivity contribution >= 4 is 72.3 Å². The molecule has 1 atom stereocenters. The number of benzene rings is 2. The second-order valence-corrected chi connectivity index (χ2v) is 18.4. The first-order valence-corrected chi connectivity index (χ1v) is 22.3. The molecule has 0 aliphatic carbocycles. The van der Waals surface area contributed by atoms with E-state index in [0.29, 0.717) is 17.9 Å². The van der Waals surface area contributed by atoms with Gasteiger partial charge in [-0.05, 0) is 36.8 Å². The highest BCUT2D eigenvalue weighted by Gasteiger charge is 2.26. The van der Waals surface area contributed by atoms with Gasteiger partial charge in [0.1, 0.15) is 6.10 Å². The molecule has 11 nitrogen and oxygen atoms in total. The summed E-state index contributed by atoms with van der Waals surface area (Å²) in [5.41, 5.74) is 0.786. The predicted octanol–water partition coefficient (Wildman–Crippen LogP) is 10.6. The van der Waals surface area contributed by atoms with Crippen molar-refractivity contribution in [3.63, 3.8) is 0 Å². The molecule has 0 spiro atoms. The number of ether oxygens (including phenoxy) is 1. The first-order valence-electron chi connectivity index (χ1n) is 17.8. The Kier molecular flexibility index (Phi) is 18.0. The Morgan fingerprint density at radius 1 is 0.827 bits per heavy atom. The topological polar surface area (TPSA) is 159 Å². The lowest BCUT2D eigenvalue weighted by Gasteiger charge is -2.19. The van der Waals surface area contributed by atoms with Crippen LogP contribution in [0.15, 0.2) is 46.2 Å². The Bertz CT molecular complexity index is 1800. The van der Waals surface area contributed by atoms with Crippen LogP contribution in [-0.4, -0.2) is 62.4 Å². The number of rotatable bonds is 24. The number of nitrogens with zero attached hydrogens (tertiary/aromatic N) is 2. The molecule has 1 heterocycles. The van der Waals surface area contributed by atoms with Crippen molar-refractivity contribution in [3.05, 3.63) is 62.7 Å². The van der Waals surface area contributed by atoms with Gasteiger partial charge in [0.25, 0.3) is 0 Å². The minimum atomic E-state index is -3.79. The molecule has 3 aromatic rings. The van der Waals surface area contributed by atoms with Crippen molar-refractivity contribution < 1.29 is 31.5 Å². The molecule has 0 aliphatic rings. The van der Waals surface area contributed by atoms with E-state index in [9.17, 15) is 26.7 Å². The van der Waals surface area contributed by atoms with Crippen molar-refractivity contribution in [2.75, 3.05) is 25.2 Å². The summed E-state index contributed by atoms with van der Waals surface area (Å²) in [6.45, 7) is 2.64. The van der Waals surface area contributed by atoms with E-state index in [0.717, 1.165) is 25.5 Å². The van der Waals surface area contributed by atoms with Crippen LogP contribution in [-0.2, 0) is 31.0 Å². The Morgan fingerprint density at radius 3 is 1.88 bits per heavy atom. The molecule has 3 rings (SSSR count). The standard InChI is InChI=1S/C36H51Cl3N4O7S2/c1-4-5-6-7-8-9-10-11-12-13-14-15-16-17-20-43(2)52(48,49)27-18-19-29(37)32(25-27)40-34-22-26(41-42-34)21-33(50-36(44)45)35-30(38)23-28(24-31(35)39)51(3,46)47/h18-19,22-25,33H,4-17,20-21H2,1-3H3,(H,44,45)(H2,40,41,42). The summed E-state index contributed by atoms with van der Waals surface area (Å²) in [7, 11) is -5.85. The Morgan fingerprint density at radius 2 is 1.37 bits per heavy atom. The third kappa shape index (κ3) is 14.0. The van der Waals surface area contributed by atoms with Crippen molar-refractivity contribution in [3.8, 4) is 0 Å². The van der Waals surface area contributed by atoms with Crippen LogP contribution in [0.3, 0.4) is 0 Å². The molecule has 3 N–H and O–H groups in total. The van der Waals surface area contributed by atoms with Crippen molar-refractivity contribution in [2.45, 2.75) is 119 Å². The summed E-state index contributed by atoms with van der Waals surface area (Å²) in [6, 6.07) is 8.30. The monoisotopic (exact) mass is 820 g/mol. The number of aromatic nitrogens is 2. The maximum absolute atomic E-state index is 13.4. The minimum absolute atomic E-state index is 0.0692. The molecule has 290 valence electrons. The fraction of sp³-hybridized carbons (Fsp3) is 0.556. The lowest BCUT2D eigenvalue weighted by Crippen LogP contribution is -2.28. The van der Waals surface area contributed by atoms with Gasteiger partial charge in [-0.1, -0.05) is 125 Å². The third-order valence-electron chi connectivity index (χ3n) is 8.82. The molecule has 0 amide bonds. The second-order valence-electron chi connectivity index (χ2n) is 13.1. The lowest BCUT2D eigenvalue weighted by atomic mass is 10.0. The van der Waals surface area contributed by atoms with Gasteiger partial charge in [0, 0.05) is 43.6 Å². The number of carbonyl (C=O) groups is 1. The van der Waals surface area contributed by atoms with Gasteiger partial charge in [0.15, 0.2) is 15.7 Å². The number of unbranched alkanes of at least 4 members (excludes halogenated alkanes) is 13. The second kappa shape index (κ2) is 21.4. The van der Waals surface area contributed by atoms with Crippen LogP contribution in [0.4, 0.5) is 16.3 Å². The number of nitrogens with one attached hydrogen (secondary N) is 2. The number of hydrogen-bond acceptors (Lipinski definition) is 8. The van der Waals surface area contributed by atoms with E-state index in [1.54, 1.807) is 13.1 Å². The summed E-state index contributed by atoms with van der Waals surface area (Å²) in [5, 5.41) is 19.5. The largest absolute Gasteiger partial charge is 0.506 e.